The van der Waals surface area contributed by atoms with Gasteiger partial charge in [0.05, 0.1) is 10.6 Å². The molecule has 0 aromatic heterocycles. The number of hydrogen-bond acceptors (Lipinski definition) is 1. The average molecular weight is 289 g/mol. The van der Waals surface area contributed by atoms with Crippen LogP contribution in [0.5, 0.6) is 0 Å². The normalized spacial score (nSPS) is 13.9. The van der Waals surface area contributed by atoms with Gasteiger partial charge in [0, 0.05) is 0 Å². The second-order valence-corrected chi connectivity index (χ2v) is 6.00. The molecule has 1 atom stereocenters. The van der Waals surface area contributed by atoms with Gasteiger partial charge < -0.3 is 5.11 Å². The Kier molecular flexibility index (Phi) is 4.51. The number of rotatable bonds is 4. The van der Waals surface area contributed by atoms with Crippen molar-refractivity contribution in [2.45, 2.75) is 39.7 Å². The van der Waals surface area contributed by atoms with Crippen molar-refractivity contribution in [3.8, 4) is 0 Å². The van der Waals surface area contributed by atoms with Crippen LogP contribution in [0.2, 0.25) is 0 Å². The van der Waals surface area contributed by atoms with Crippen molar-refractivity contribution in [3.63, 3.8) is 0 Å². The summed E-state index contributed by atoms with van der Waals surface area (Å²) in [7, 11) is 0. The van der Waals surface area contributed by atoms with Gasteiger partial charge in [0.1, 0.15) is 5.82 Å². The predicted molar refractivity (Wildman–Crippen MR) is 67.9 cm³/mol. The lowest BCUT2D eigenvalue weighted by Crippen LogP contribution is -2.21. The third-order valence-electron chi connectivity index (χ3n) is 2.51. The number of aliphatic hydroxyl groups is 1. The van der Waals surface area contributed by atoms with Crippen molar-refractivity contribution in [1.82, 2.24) is 0 Å². The molecule has 3 heteroatoms. The van der Waals surface area contributed by atoms with Crippen LogP contribution in [-0.4, -0.2) is 11.2 Å². The van der Waals surface area contributed by atoms with Gasteiger partial charge in [0.2, 0.25) is 0 Å². The monoisotopic (exact) mass is 288 g/mol. The fraction of sp³-hybridized carbons (Fsp3) is 0.538. The van der Waals surface area contributed by atoms with Crippen LogP contribution in [0.3, 0.4) is 0 Å². The van der Waals surface area contributed by atoms with Crippen molar-refractivity contribution < 1.29 is 9.50 Å². The first-order valence-electron chi connectivity index (χ1n) is 5.42. The lowest BCUT2D eigenvalue weighted by atomic mass is 9.81. The van der Waals surface area contributed by atoms with Gasteiger partial charge in [-0.1, -0.05) is 19.9 Å². The van der Waals surface area contributed by atoms with Crippen LogP contribution in [-0.2, 0) is 6.42 Å². The highest BCUT2D eigenvalue weighted by molar-refractivity contribution is 9.10. The van der Waals surface area contributed by atoms with Gasteiger partial charge in [0.25, 0.3) is 0 Å². The molecule has 16 heavy (non-hydrogen) atoms. The summed E-state index contributed by atoms with van der Waals surface area (Å²) in [6.07, 6.45) is 1.26. The van der Waals surface area contributed by atoms with E-state index in [1.54, 1.807) is 19.1 Å². The van der Waals surface area contributed by atoms with E-state index in [4.69, 9.17) is 0 Å². The second kappa shape index (κ2) is 5.28. The molecule has 90 valence electrons. The summed E-state index contributed by atoms with van der Waals surface area (Å²) in [5, 5.41) is 9.40. The molecule has 1 unspecified atom stereocenters. The third-order valence-corrected chi connectivity index (χ3v) is 3.12. The number of benzene rings is 1. The molecule has 0 heterocycles. The van der Waals surface area contributed by atoms with E-state index in [0.717, 1.165) is 18.4 Å². The molecule has 0 saturated carbocycles. The molecular formula is C13H18BrFO. The zero-order valence-electron chi connectivity index (χ0n) is 9.93. The molecule has 1 rings (SSSR count). The first kappa shape index (κ1) is 13.7. The van der Waals surface area contributed by atoms with Crippen LogP contribution in [0.15, 0.2) is 22.7 Å². The Labute approximate surface area is 105 Å². The topological polar surface area (TPSA) is 20.2 Å². The summed E-state index contributed by atoms with van der Waals surface area (Å²) in [4.78, 5) is 0. The van der Waals surface area contributed by atoms with Crippen LogP contribution in [0.4, 0.5) is 4.39 Å². The maximum absolute atomic E-state index is 13.1. The Bertz CT molecular complexity index is 361. The molecule has 1 aromatic carbocycles. The standard InChI is InChI=1S/C13H18BrFO/c1-9(16)7-13(2,3)8-10-4-5-12(15)11(14)6-10/h4-6,9,16H,7-8H2,1-3H3. The van der Waals surface area contributed by atoms with E-state index in [1.165, 1.54) is 6.07 Å². The van der Waals surface area contributed by atoms with Gasteiger partial charge >= 0.3 is 0 Å². The SMILES string of the molecule is CC(O)CC(C)(C)Cc1ccc(F)c(Br)c1. The Morgan fingerprint density at radius 1 is 1.44 bits per heavy atom. The molecular weight excluding hydrogens is 271 g/mol. The predicted octanol–water partition coefficient (Wildman–Crippen LogP) is 3.93. The summed E-state index contributed by atoms with van der Waals surface area (Å²) < 4.78 is 13.6. The van der Waals surface area contributed by atoms with Gasteiger partial charge in [-0.05, 0) is 58.8 Å². The molecule has 0 bridgehead atoms. The Morgan fingerprint density at radius 3 is 2.56 bits per heavy atom. The quantitative estimate of drug-likeness (QED) is 0.890. The Morgan fingerprint density at radius 2 is 2.06 bits per heavy atom. The van der Waals surface area contributed by atoms with Crippen molar-refractivity contribution in [1.29, 1.82) is 0 Å². The Hall–Kier alpha value is -0.410. The lowest BCUT2D eigenvalue weighted by molar-refractivity contribution is 0.129. The van der Waals surface area contributed by atoms with Gasteiger partial charge in [-0.25, -0.2) is 4.39 Å². The van der Waals surface area contributed by atoms with E-state index in [0.29, 0.717) is 4.47 Å². The minimum absolute atomic E-state index is 0.0193. The smallest absolute Gasteiger partial charge is 0.137 e. The molecule has 0 aliphatic carbocycles. The summed E-state index contributed by atoms with van der Waals surface area (Å²) in [6.45, 7) is 6.01. The van der Waals surface area contributed by atoms with Gasteiger partial charge in [-0.15, -0.1) is 0 Å². The number of halogens is 2. The third kappa shape index (κ3) is 4.22. The molecule has 1 aromatic rings. The summed E-state index contributed by atoms with van der Waals surface area (Å²) in [5.74, 6) is -0.239. The fourth-order valence-corrected chi connectivity index (χ4v) is 2.50. The molecule has 0 spiro atoms. The van der Waals surface area contributed by atoms with E-state index in [2.05, 4.69) is 29.8 Å². The largest absolute Gasteiger partial charge is 0.393 e. The molecule has 0 saturated heterocycles. The zero-order valence-corrected chi connectivity index (χ0v) is 11.5. The van der Waals surface area contributed by atoms with Gasteiger partial charge in [-0.2, -0.15) is 0 Å². The molecule has 0 aliphatic heterocycles. The summed E-state index contributed by atoms with van der Waals surface area (Å²) >= 11 is 3.18. The molecule has 0 radical (unpaired) electrons. The highest BCUT2D eigenvalue weighted by atomic mass is 79.9. The van der Waals surface area contributed by atoms with E-state index < -0.39 is 0 Å². The van der Waals surface area contributed by atoms with Gasteiger partial charge in [-0.3, -0.25) is 0 Å². The zero-order chi connectivity index (χ0) is 12.3. The lowest BCUT2D eigenvalue weighted by Gasteiger charge is -2.26. The molecule has 0 fully saturated rings. The first-order valence-corrected chi connectivity index (χ1v) is 6.21. The van der Waals surface area contributed by atoms with Crippen molar-refractivity contribution >= 4 is 15.9 Å². The van der Waals surface area contributed by atoms with E-state index in [1.807, 2.05) is 0 Å². The minimum atomic E-state index is -0.307. The van der Waals surface area contributed by atoms with Crippen LogP contribution in [0, 0.1) is 11.2 Å². The van der Waals surface area contributed by atoms with Crippen molar-refractivity contribution in [2.24, 2.45) is 5.41 Å². The van der Waals surface area contributed by atoms with Gasteiger partial charge in [0.15, 0.2) is 0 Å². The van der Waals surface area contributed by atoms with Crippen molar-refractivity contribution in [2.75, 3.05) is 0 Å². The van der Waals surface area contributed by atoms with Crippen LogP contribution >= 0.6 is 15.9 Å². The average Bonchev–Trinajstić information content (AvgIpc) is 2.08. The number of aliphatic hydroxyl groups excluding tert-OH is 1. The second-order valence-electron chi connectivity index (χ2n) is 5.14. The van der Waals surface area contributed by atoms with Crippen LogP contribution in [0.25, 0.3) is 0 Å². The first-order chi connectivity index (χ1) is 7.30. The fourth-order valence-electron chi connectivity index (χ4n) is 2.07. The summed E-state index contributed by atoms with van der Waals surface area (Å²) in [5.41, 5.74) is 1.10. The highest BCUT2D eigenvalue weighted by Gasteiger charge is 2.21. The van der Waals surface area contributed by atoms with E-state index >= 15 is 0 Å². The van der Waals surface area contributed by atoms with Crippen LogP contribution < -0.4 is 0 Å². The molecule has 1 N–H and O–H groups in total. The van der Waals surface area contributed by atoms with Crippen molar-refractivity contribution in [3.05, 3.63) is 34.1 Å². The Balaban J connectivity index is 2.76. The van der Waals surface area contributed by atoms with E-state index in [-0.39, 0.29) is 17.3 Å². The number of hydrogen-bond donors (Lipinski definition) is 1. The molecule has 0 aliphatic rings. The van der Waals surface area contributed by atoms with E-state index in [9.17, 15) is 9.50 Å². The molecule has 0 amide bonds. The molecule has 1 nitrogen and oxygen atoms in total. The minimum Gasteiger partial charge on any atom is -0.393 e. The summed E-state index contributed by atoms with van der Waals surface area (Å²) in [6, 6.07) is 5.07. The maximum atomic E-state index is 13.1. The maximum Gasteiger partial charge on any atom is 0.137 e. The highest BCUT2D eigenvalue weighted by Crippen LogP contribution is 2.29. The van der Waals surface area contributed by atoms with Crippen LogP contribution in [0.1, 0.15) is 32.8 Å².